The van der Waals surface area contributed by atoms with Crippen molar-refractivity contribution in [3.05, 3.63) is 93.3 Å². The summed E-state index contributed by atoms with van der Waals surface area (Å²) in [5, 5.41) is 5.63. The number of pyridine rings is 1. The molecular weight excluding hydrogens is 456 g/mol. The van der Waals surface area contributed by atoms with Crippen LogP contribution in [0.5, 0.6) is 0 Å². The third-order valence-electron chi connectivity index (χ3n) is 6.29. The molecular formula is C29H26N2O3S. The van der Waals surface area contributed by atoms with E-state index in [1.807, 2.05) is 60.0 Å². The average molecular weight is 483 g/mol. The third-order valence-corrected chi connectivity index (χ3v) is 7.11. The summed E-state index contributed by atoms with van der Waals surface area (Å²) in [6, 6.07) is 19.3. The van der Waals surface area contributed by atoms with Gasteiger partial charge < -0.3 is 10.1 Å². The van der Waals surface area contributed by atoms with E-state index in [4.69, 9.17) is 9.72 Å². The van der Waals surface area contributed by atoms with Crippen LogP contribution in [0, 0.1) is 0 Å². The quantitative estimate of drug-likeness (QED) is 0.317. The van der Waals surface area contributed by atoms with Crippen molar-refractivity contribution < 1.29 is 14.3 Å². The summed E-state index contributed by atoms with van der Waals surface area (Å²) in [7, 11) is 0. The minimum Gasteiger partial charge on any atom is -0.449 e. The van der Waals surface area contributed by atoms with Crippen molar-refractivity contribution in [1.29, 1.82) is 0 Å². The van der Waals surface area contributed by atoms with Gasteiger partial charge in [-0.2, -0.15) is 0 Å². The van der Waals surface area contributed by atoms with Crippen LogP contribution in [0.15, 0.2) is 66.0 Å². The van der Waals surface area contributed by atoms with Gasteiger partial charge in [0.2, 0.25) is 0 Å². The minimum absolute atomic E-state index is 0.365. The highest BCUT2D eigenvalue weighted by Gasteiger charge is 2.29. The van der Waals surface area contributed by atoms with E-state index in [2.05, 4.69) is 24.4 Å². The first-order chi connectivity index (χ1) is 17.0. The predicted molar refractivity (Wildman–Crippen MR) is 142 cm³/mol. The second-order valence-electron chi connectivity index (χ2n) is 8.60. The zero-order valence-corrected chi connectivity index (χ0v) is 20.5. The Hall–Kier alpha value is -3.77. The number of benzene rings is 2. The van der Waals surface area contributed by atoms with Crippen LogP contribution in [-0.4, -0.2) is 23.0 Å². The number of aromatic nitrogens is 1. The normalized spacial score (nSPS) is 14.6. The molecule has 1 N–H and O–H groups in total. The van der Waals surface area contributed by atoms with Crippen LogP contribution in [0.4, 0.5) is 5.69 Å². The number of anilines is 1. The molecule has 1 amide bonds. The first-order valence-electron chi connectivity index (χ1n) is 11.8. The molecule has 4 aromatic rings. The third kappa shape index (κ3) is 4.75. The fourth-order valence-electron chi connectivity index (χ4n) is 4.40. The Morgan fingerprint density at radius 3 is 2.63 bits per heavy atom. The van der Waals surface area contributed by atoms with Crippen molar-refractivity contribution in [2.24, 2.45) is 0 Å². The SMILES string of the molecule is CCc1ccc(NC(=O)C(C)OC(=O)c2c3c(nc4ccccc24)/C(=C/c2cccs2)CC3)cc1. The van der Waals surface area contributed by atoms with E-state index in [-0.39, 0.29) is 5.91 Å². The summed E-state index contributed by atoms with van der Waals surface area (Å²) in [5.74, 6) is -0.864. The minimum atomic E-state index is -0.946. The number of para-hydroxylation sites is 1. The van der Waals surface area contributed by atoms with E-state index in [1.54, 1.807) is 18.3 Å². The summed E-state index contributed by atoms with van der Waals surface area (Å²) >= 11 is 1.67. The highest BCUT2D eigenvalue weighted by Crippen LogP contribution is 2.38. The molecule has 0 radical (unpaired) electrons. The Balaban J connectivity index is 1.43. The molecule has 0 saturated carbocycles. The maximum Gasteiger partial charge on any atom is 0.339 e. The van der Waals surface area contributed by atoms with Crippen molar-refractivity contribution >= 4 is 51.5 Å². The lowest BCUT2D eigenvalue weighted by atomic mass is 10.0. The number of rotatable bonds is 6. The van der Waals surface area contributed by atoms with Gasteiger partial charge in [0, 0.05) is 16.0 Å². The molecule has 2 heterocycles. The molecule has 0 spiro atoms. The second kappa shape index (κ2) is 9.84. The standard InChI is InChI=1S/C29H26N2O3S/c1-3-19-10-13-21(14-11-19)30-28(32)18(2)34-29(33)26-23-8-4-5-9-25(23)31-27-20(12-15-24(26)27)17-22-7-6-16-35-22/h4-11,13-14,16-18H,3,12,15H2,1-2H3,(H,30,32)/b20-17+. The van der Waals surface area contributed by atoms with Crippen LogP contribution < -0.4 is 5.32 Å². The van der Waals surface area contributed by atoms with E-state index in [0.29, 0.717) is 17.7 Å². The molecule has 2 aromatic heterocycles. The monoisotopic (exact) mass is 482 g/mol. The molecule has 0 aliphatic heterocycles. The number of nitrogens with zero attached hydrogens (tertiary/aromatic N) is 1. The van der Waals surface area contributed by atoms with Gasteiger partial charge in [0.1, 0.15) is 0 Å². The van der Waals surface area contributed by atoms with Crippen LogP contribution in [-0.2, 0) is 22.4 Å². The Labute approximate surface area is 208 Å². The fraction of sp³-hybridized carbons (Fsp3) is 0.207. The Morgan fingerprint density at radius 1 is 1.09 bits per heavy atom. The maximum absolute atomic E-state index is 13.4. The molecule has 5 rings (SSSR count). The average Bonchev–Trinajstić information content (AvgIpc) is 3.53. The topological polar surface area (TPSA) is 68.3 Å². The maximum atomic E-state index is 13.4. The van der Waals surface area contributed by atoms with Gasteiger partial charge in [-0.3, -0.25) is 4.79 Å². The van der Waals surface area contributed by atoms with E-state index in [1.165, 1.54) is 5.56 Å². The van der Waals surface area contributed by atoms with Crippen LogP contribution >= 0.6 is 11.3 Å². The Morgan fingerprint density at radius 2 is 1.89 bits per heavy atom. The van der Waals surface area contributed by atoms with Gasteiger partial charge in [0.15, 0.2) is 6.10 Å². The van der Waals surface area contributed by atoms with Crippen LogP contribution in [0.2, 0.25) is 0 Å². The van der Waals surface area contributed by atoms with E-state index in [0.717, 1.165) is 45.5 Å². The number of esters is 1. The number of hydrogen-bond acceptors (Lipinski definition) is 5. The molecule has 35 heavy (non-hydrogen) atoms. The van der Waals surface area contributed by atoms with Gasteiger partial charge >= 0.3 is 5.97 Å². The zero-order chi connectivity index (χ0) is 24.4. The molecule has 1 atom stereocenters. The molecule has 1 aliphatic rings. The van der Waals surface area contributed by atoms with Crippen molar-refractivity contribution in [3.63, 3.8) is 0 Å². The number of allylic oxidation sites excluding steroid dienone is 1. The lowest BCUT2D eigenvalue weighted by Crippen LogP contribution is -2.30. The molecule has 0 saturated heterocycles. The Kier molecular flexibility index (Phi) is 6.47. The molecule has 6 heteroatoms. The summed E-state index contributed by atoms with van der Waals surface area (Å²) < 4.78 is 5.69. The smallest absolute Gasteiger partial charge is 0.339 e. The Bertz CT molecular complexity index is 1420. The van der Waals surface area contributed by atoms with Gasteiger partial charge in [-0.05, 0) is 78.6 Å². The number of hydrogen-bond donors (Lipinski definition) is 1. The van der Waals surface area contributed by atoms with E-state index in [9.17, 15) is 9.59 Å². The number of thiophene rings is 1. The highest BCUT2D eigenvalue weighted by atomic mass is 32.1. The van der Waals surface area contributed by atoms with Crippen molar-refractivity contribution in [2.45, 2.75) is 39.2 Å². The number of carbonyl (C=O) groups excluding carboxylic acids is 2. The first-order valence-corrected chi connectivity index (χ1v) is 12.7. The van der Waals surface area contributed by atoms with Crippen LogP contribution in [0.3, 0.4) is 0 Å². The van der Waals surface area contributed by atoms with E-state index < -0.39 is 12.1 Å². The summed E-state index contributed by atoms with van der Waals surface area (Å²) in [4.78, 5) is 32.2. The van der Waals surface area contributed by atoms with Gasteiger partial charge in [0.05, 0.1) is 16.8 Å². The predicted octanol–water partition coefficient (Wildman–Crippen LogP) is 6.53. The summed E-state index contributed by atoms with van der Waals surface area (Å²) in [6.45, 7) is 3.68. The molecule has 1 aliphatic carbocycles. The van der Waals surface area contributed by atoms with Crippen molar-refractivity contribution in [3.8, 4) is 0 Å². The summed E-state index contributed by atoms with van der Waals surface area (Å²) in [6.07, 6.45) is 3.64. The van der Waals surface area contributed by atoms with Gasteiger partial charge in [-0.25, -0.2) is 9.78 Å². The molecule has 0 bridgehead atoms. The number of ether oxygens (including phenoxy) is 1. The molecule has 0 fully saturated rings. The lowest BCUT2D eigenvalue weighted by molar-refractivity contribution is -0.123. The van der Waals surface area contributed by atoms with Gasteiger partial charge in [-0.1, -0.05) is 43.3 Å². The van der Waals surface area contributed by atoms with Gasteiger partial charge in [-0.15, -0.1) is 11.3 Å². The highest BCUT2D eigenvalue weighted by molar-refractivity contribution is 7.10. The zero-order valence-electron chi connectivity index (χ0n) is 19.7. The van der Waals surface area contributed by atoms with Crippen molar-refractivity contribution in [2.75, 3.05) is 5.32 Å². The number of amides is 1. The number of fused-ring (bicyclic) bond motifs is 2. The molecule has 176 valence electrons. The van der Waals surface area contributed by atoms with Crippen LogP contribution in [0.1, 0.15) is 52.3 Å². The molecule has 1 unspecified atom stereocenters. The lowest BCUT2D eigenvalue weighted by Gasteiger charge is -2.16. The summed E-state index contributed by atoms with van der Waals surface area (Å²) in [5.41, 5.74) is 5.96. The van der Waals surface area contributed by atoms with Crippen molar-refractivity contribution in [1.82, 2.24) is 4.98 Å². The van der Waals surface area contributed by atoms with Crippen LogP contribution in [0.25, 0.3) is 22.6 Å². The van der Waals surface area contributed by atoms with Gasteiger partial charge in [0.25, 0.3) is 5.91 Å². The molecule has 5 nitrogen and oxygen atoms in total. The second-order valence-corrected chi connectivity index (χ2v) is 9.58. The molecule has 2 aromatic carbocycles. The number of carbonyl (C=O) groups is 2. The van der Waals surface area contributed by atoms with E-state index >= 15 is 0 Å². The number of aryl methyl sites for hydroxylation is 1. The fourth-order valence-corrected chi connectivity index (χ4v) is 5.08. The largest absolute Gasteiger partial charge is 0.449 e. The first kappa shape index (κ1) is 23.0. The number of nitrogens with one attached hydrogen (secondary N) is 1.